The molecule has 24 heavy (non-hydrogen) atoms. The number of carbonyl (C=O) groups excluding carboxylic acids is 1. The van der Waals surface area contributed by atoms with E-state index in [1.165, 1.54) is 6.92 Å². The molecule has 0 bridgehead atoms. The van der Waals surface area contributed by atoms with Crippen LogP contribution in [0.2, 0.25) is 0 Å². The highest BCUT2D eigenvalue weighted by molar-refractivity contribution is 7.89. The molecule has 1 amide bonds. The number of hydrogen-bond donors (Lipinski definition) is 1. The number of nitro benzene ring substituents is 1. The zero-order valence-corrected chi connectivity index (χ0v) is 13.2. The molecule has 8 nitrogen and oxygen atoms in total. The van der Waals surface area contributed by atoms with E-state index in [2.05, 4.69) is 0 Å². The third-order valence-electron chi connectivity index (χ3n) is 2.94. The first kappa shape index (κ1) is 19.8. The molecule has 0 radical (unpaired) electrons. The van der Waals surface area contributed by atoms with Gasteiger partial charge in [0, 0.05) is 31.8 Å². The van der Waals surface area contributed by atoms with Gasteiger partial charge in [-0.1, -0.05) is 6.92 Å². The first-order valence-electron chi connectivity index (χ1n) is 6.59. The van der Waals surface area contributed by atoms with Crippen molar-refractivity contribution in [1.82, 2.24) is 9.62 Å². The quantitative estimate of drug-likeness (QED) is 0.575. The van der Waals surface area contributed by atoms with Crippen molar-refractivity contribution in [2.24, 2.45) is 0 Å². The number of sulfonamides is 1. The third-order valence-corrected chi connectivity index (χ3v) is 4.93. The third kappa shape index (κ3) is 4.89. The molecule has 0 saturated heterocycles. The Hall–Kier alpha value is -2.21. The highest BCUT2D eigenvalue weighted by Crippen LogP contribution is 2.19. The fourth-order valence-corrected chi connectivity index (χ4v) is 3.18. The number of likely N-dealkylation sites (N-methyl/N-ethyl adjacent to an activating group) is 1. The van der Waals surface area contributed by atoms with E-state index in [0.717, 1.165) is 28.6 Å². The molecule has 0 fully saturated rings. The first-order valence-corrected chi connectivity index (χ1v) is 8.03. The number of benzene rings is 1. The van der Waals surface area contributed by atoms with E-state index >= 15 is 0 Å². The van der Waals surface area contributed by atoms with Gasteiger partial charge in [-0.2, -0.15) is 17.5 Å². The second-order valence-corrected chi connectivity index (χ2v) is 6.44. The molecule has 0 aromatic heterocycles. The minimum atomic E-state index is -5.05. The second-order valence-electron chi connectivity index (χ2n) is 4.50. The molecule has 0 saturated carbocycles. The Morgan fingerprint density at radius 1 is 1.29 bits per heavy atom. The molecule has 134 valence electrons. The van der Waals surface area contributed by atoms with Crippen LogP contribution in [0.1, 0.15) is 6.92 Å². The lowest BCUT2D eigenvalue weighted by molar-refractivity contribution is -0.384. The van der Waals surface area contributed by atoms with Gasteiger partial charge in [-0.3, -0.25) is 14.9 Å². The summed E-state index contributed by atoms with van der Waals surface area (Å²) in [4.78, 5) is 20.3. The number of non-ortho nitro benzene ring substituents is 1. The molecule has 1 aromatic carbocycles. The number of nitrogens with one attached hydrogen (secondary N) is 1. The first-order chi connectivity index (χ1) is 11.0. The predicted octanol–water partition coefficient (Wildman–Crippen LogP) is 1.28. The summed E-state index contributed by atoms with van der Waals surface area (Å²) >= 11 is 0. The topological polar surface area (TPSA) is 110 Å². The molecule has 0 aliphatic carbocycles. The minimum Gasteiger partial charge on any atom is -0.347 e. The number of halogens is 3. The standard InChI is InChI=1S/C12H14F3N3O5S/c1-2-17(8-7-16-11(19)12(13,14)15)24(22,23)10-5-3-9(4-6-10)18(20)21/h3-6H,2,7-8H2,1H3,(H,16,19). The summed E-state index contributed by atoms with van der Waals surface area (Å²) in [5, 5.41) is 12.1. The van der Waals surface area contributed by atoms with Crippen LogP contribution < -0.4 is 5.32 Å². The molecule has 12 heteroatoms. The van der Waals surface area contributed by atoms with E-state index in [1.807, 2.05) is 0 Å². The zero-order chi connectivity index (χ0) is 18.5. The molecular weight excluding hydrogens is 355 g/mol. The Morgan fingerprint density at radius 3 is 2.25 bits per heavy atom. The second kappa shape index (κ2) is 7.57. The van der Waals surface area contributed by atoms with Crippen LogP contribution in [0.3, 0.4) is 0 Å². The van der Waals surface area contributed by atoms with Crippen LogP contribution in [0.25, 0.3) is 0 Å². The van der Waals surface area contributed by atoms with Crippen molar-refractivity contribution < 1.29 is 31.3 Å². The smallest absolute Gasteiger partial charge is 0.347 e. The number of rotatable bonds is 7. The van der Waals surface area contributed by atoms with Gasteiger partial charge < -0.3 is 5.32 Å². The van der Waals surface area contributed by atoms with Crippen molar-refractivity contribution in [1.29, 1.82) is 0 Å². The molecule has 1 rings (SSSR count). The largest absolute Gasteiger partial charge is 0.471 e. The predicted molar refractivity (Wildman–Crippen MR) is 76.6 cm³/mol. The molecular formula is C12H14F3N3O5S. The molecule has 0 aliphatic heterocycles. The summed E-state index contributed by atoms with van der Waals surface area (Å²) in [7, 11) is -4.05. The number of carbonyl (C=O) groups is 1. The van der Waals surface area contributed by atoms with E-state index in [9.17, 15) is 36.5 Å². The Balaban J connectivity index is 2.82. The van der Waals surface area contributed by atoms with Crippen molar-refractivity contribution in [3.05, 3.63) is 34.4 Å². The summed E-state index contributed by atoms with van der Waals surface area (Å²) in [5.41, 5.74) is -0.297. The van der Waals surface area contributed by atoms with E-state index < -0.39 is 33.6 Å². The van der Waals surface area contributed by atoms with Crippen LogP contribution >= 0.6 is 0 Å². The lowest BCUT2D eigenvalue weighted by Crippen LogP contribution is -2.42. The fourth-order valence-electron chi connectivity index (χ4n) is 1.73. The van der Waals surface area contributed by atoms with Gasteiger partial charge in [0.25, 0.3) is 5.69 Å². The Bertz CT molecular complexity index is 704. The van der Waals surface area contributed by atoms with Gasteiger partial charge in [0.1, 0.15) is 0 Å². The number of amides is 1. The van der Waals surface area contributed by atoms with Crippen molar-refractivity contribution in [3.8, 4) is 0 Å². The molecule has 0 spiro atoms. The zero-order valence-electron chi connectivity index (χ0n) is 12.4. The van der Waals surface area contributed by atoms with Crippen LogP contribution in [0.15, 0.2) is 29.2 Å². The molecule has 0 heterocycles. The van der Waals surface area contributed by atoms with Gasteiger partial charge in [-0.05, 0) is 12.1 Å². The van der Waals surface area contributed by atoms with E-state index in [1.54, 1.807) is 5.32 Å². The van der Waals surface area contributed by atoms with E-state index in [-0.39, 0.29) is 23.7 Å². The SMILES string of the molecule is CCN(CCNC(=O)C(F)(F)F)S(=O)(=O)c1ccc([N+](=O)[O-])cc1. The van der Waals surface area contributed by atoms with Gasteiger partial charge in [-0.15, -0.1) is 0 Å². The highest BCUT2D eigenvalue weighted by atomic mass is 32.2. The Kier molecular flexibility index (Phi) is 6.26. The van der Waals surface area contributed by atoms with Crippen molar-refractivity contribution >= 4 is 21.6 Å². The molecule has 0 aliphatic rings. The van der Waals surface area contributed by atoms with Crippen molar-refractivity contribution in [2.75, 3.05) is 19.6 Å². The molecule has 0 unspecified atom stereocenters. The highest BCUT2D eigenvalue weighted by Gasteiger charge is 2.38. The summed E-state index contributed by atoms with van der Waals surface area (Å²) < 4.78 is 61.7. The molecule has 1 aromatic rings. The van der Waals surface area contributed by atoms with Gasteiger partial charge in [0.2, 0.25) is 10.0 Å². The summed E-state index contributed by atoms with van der Waals surface area (Å²) in [6, 6.07) is 4.08. The van der Waals surface area contributed by atoms with E-state index in [4.69, 9.17) is 0 Å². The van der Waals surface area contributed by atoms with E-state index in [0.29, 0.717) is 0 Å². The maximum Gasteiger partial charge on any atom is 0.471 e. The van der Waals surface area contributed by atoms with Crippen molar-refractivity contribution in [2.45, 2.75) is 18.0 Å². The normalized spacial score (nSPS) is 12.2. The lowest BCUT2D eigenvalue weighted by atomic mass is 10.3. The van der Waals surface area contributed by atoms with Crippen LogP contribution in [0, 0.1) is 10.1 Å². The maximum absolute atomic E-state index is 12.3. The van der Waals surface area contributed by atoms with Gasteiger partial charge >= 0.3 is 12.1 Å². The van der Waals surface area contributed by atoms with Crippen LogP contribution in [-0.4, -0.2) is 49.4 Å². The molecule has 0 atom stereocenters. The lowest BCUT2D eigenvalue weighted by Gasteiger charge is -2.20. The molecule has 1 N–H and O–H groups in total. The summed E-state index contributed by atoms with van der Waals surface area (Å²) in [5.74, 6) is -2.16. The Morgan fingerprint density at radius 2 is 1.83 bits per heavy atom. The van der Waals surface area contributed by atoms with Crippen LogP contribution in [0.4, 0.5) is 18.9 Å². The number of hydrogen-bond acceptors (Lipinski definition) is 5. The summed E-state index contributed by atoms with van der Waals surface area (Å²) in [6.07, 6.45) is -5.05. The Labute approximate surface area is 135 Å². The van der Waals surface area contributed by atoms with Crippen LogP contribution in [0.5, 0.6) is 0 Å². The average molecular weight is 369 g/mol. The number of nitro groups is 1. The number of alkyl halides is 3. The van der Waals surface area contributed by atoms with Gasteiger partial charge in [-0.25, -0.2) is 8.42 Å². The monoisotopic (exact) mass is 369 g/mol. The maximum atomic E-state index is 12.3. The van der Waals surface area contributed by atoms with Crippen LogP contribution in [-0.2, 0) is 14.8 Å². The van der Waals surface area contributed by atoms with Gasteiger partial charge in [0.15, 0.2) is 0 Å². The fraction of sp³-hybridized carbons (Fsp3) is 0.417. The number of nitrogens with zero attached hydrogens (tertiary/aromatic N) is 2. The minimum absolute atomic E-state index is 0.0544. The average Bonchev–Trinajstić information content (AvgIpc) is 2.50. The van der Waals surface area contributed by atoms with Crippen molar-refractivity contribution in [3.63, 3.8) is 0 Å². The summed E-state index contributed by atoms with van der Waals surface area (Å²) in [6.45, 7) is 0.506. The van der Waals surface area contributed by atoms with Gasteiger partial charge in [0.05, 0.1) is 9.82 Å².